The normalized spacial score (nSPS) is 22.6. The van der Waals surface area contributed by atoms with E-state index < -0.39 is 5.54 Å². The summed E-state index contributed by atoms with van der Waals surface area (Å²) in [6, 6.07) is 13.8. The van der Waals surface area contributed by atoms with E-state index in [1.54, 1.807) is 0 Å². The van der Waals surface area contributed by atoms with Gasteiger partial charge in [-0.3, -0.25) is 9.69 Å². The lowest BCUT2D eigenvalue weighted by molar-refractivity contribution is -0.127. The molecule has 2 aromatic carbocycles. The summed E-state index contributed by atoms with van der Waals surface area (Å²) in [6.45, 7) is 0. The number of fused-ring (bicyclic) bond motifs is 1. The molecule has 1 heterocycles. The molecule has 2 aromatic rings. The summed E-state index contributed by atoms with van der Waals surface area (Å²) in [6.07, 6.45) is 2.84. The Morgan fingerprint density at radius 1 is 1.17 bits per heavy atom. The highest BCUT2D eigenvalue weighted by molar-refractivity contribution is 6.31. The summed E-state index contributed by atoms with van der Waals surface area (Å²) in [7, 11) is 2.05. The highest BCUT2D eigenvalue weighted by Crippen LogP contribution is 2.47. The molecule has 1 N–H and O–H groups in total. The number of rotatable bonds is 4. The van der Waals surface area contributed by atoms with Crippen LogP contribution in [0.15, 0.2) is 42.5 Å². The average molecular weight is 361 g/mol. The number of nitrogens with zero attached hydrogens (tertiary/aromatic N) is 1. The SMILES string of the molecule is CN(C1CC1)C1(Cc2cccc(Cl)c2)C(=O)Nc2cc(Cl)ccc21. The lowest BCUT2D eigenvalue weighted by Gasteiger charge is -2.37. The lowest BCUT2D eigenvalue weighted by Crippen LogP contribution is -2.51. The van der Waals surface area contributed by atoms with Gasteiger partial charge in [0.25, 0.3) is 0 Å². The van der Waals surface area contributed by atoms with E-state index in [-0.39, 0.29) is 5.91 Å². The van der Waals surface area contributed by atoms with E-state index in [0.29, 0.717) is 22.5 Å². The van der Waals surface area contributed by atoms with Crippen LogP contribution in [0, 0.1) is 0 Å². The van der Waals surface area contributed by atoms with Crippen molar-refractivity contribution in [2.45, 2.75) is 30.8 Å². The van der Waals surface area contributed by atoms with Gasteiger partial charge in [0.05, 0.1) is 0 Å². The number of hydrogen-bond acceptors (Lipinski definition) is 2. The fraction of sp³-hybridized carbons (Fsp3) is 0.316. The van der Waals surface area contributed by atoms with Crippen LogP contribution in [-0.4, -0.2) is 23.9 Å². The van der Waals surface area contributed by atoms with E-state index in [9.17, 15) is 4.79 Å². The summed E-state index contributed by atoms with van der Waals surface area (Å²) < 4.78 is 0. The molecule has 1 unspecified atom stereocenters. The quantitative estimate of drug-likeness (QED) is 0.871. The first-order valence-corrected chi connectivity index (χ1v) is 8.85. The Bertz CT molecular complexity index is 819. The first-order chi connectivity index (χ1) is 11.5. The van der Waals surface area contributed by atoms with Crippen molar-refractivity contribution in [3.05, 3.63) is 63.6 Å². The predicted octanol–water partition coefficient (Wildman–Crippen LogP) is 4.48. The minimum atomic E-state index is -0.716. The third-order valence-electron chi connectivity index (χ3n) is 5.10. The smallest absolute Gasteiger partial charge is 0.249 e. The molecule has 1 amide bonds. The monoisotopic (exact) mass is 360 g/mol. The first-order valence-electron chi connectivity index (χ1n) is 8.09. The molecule has 124 valence electrons. The topological polar surface area (TPSA) is 32.3 Å². The van der Waals surface area contributed by atoms with E-state index in [1.807, 2.05) is 49.5 Å². The Morgan fingerprint density at radius 3 is 2.62 bits per heavy atom. The molecule has 1 fully saturated rings. The van der Waals surface area contributed by atoms with Crippen molar-refractivity contribution in [1.82, 2.24) is 4.90 Å². The third kappa shape index (κ3) is 2.52. The average Bonchev–Trinajstić information content (AvgIpc) is 3.33. The van der Waals surface area contributed by atoms with Crippen molar-refractivity contribution in [3.8, 4) is 0 Å². The van der Waals surface area contributed by atoms with Gasteiger partial charge in [-0.2, -0.15) is 0 Å². The summed E-state index contributed by atoms with van der Waals surface area (Å²) in [5, 5.41) is 4.34. The number of likely N-dealkylation sites (N-methyl/N-ethyl adjacent to an activating group) is 1. The lowest BCUT2D eigenvalue weighted by atomic mass is 9.83. The number of benzene rings is 2. The molecule has 3 nitrogen and oxygen atoms in total. The summed E-state index contributed by atoms with van der Waals surface area (Å²) >= 11 is 12.3. The molecular formula is C19H18Cl2N2O. The Kier molecular flexibility index (Phi) is 3.83. The van der Waals surface area contributed by atoms with Crippen LogP contribution >= 0.6 is 23.2 Å². The highest BCUT2D eigenvalue weighted by Gasteiger charge is 2.53. The van der Waals surface area contributed by atoms with E-state index in [0.717, 1.165) is 29.7 Å². The van der Waals surface area contributed by atoms with Gasteiger partial charge in [-0.15, -0.1) is 0 Å². The number of hydrogen-bond donors (Lipinski definition) is 1. The molecule has 24 heavy (non-hydrogen) atoms. The van der Waals surface area contributed by atoms with Crippen LogP contribution in [0.25, 0.3) is 0 Å². The third-order valence-corrected chi connectivity index (χ3v) is 5.57. The van der Waals surface area contributed by atoms with Crippen molar-refractivity contribution in [3.63, 3.8) is 0 Å². The maximum Gasteiger partial charge on any atom is 0.249 e. The highest BCUT2D eigenvalue weighted by atomic mass is 35.5. The van der Waals surface area contributed by atoms with Crippen molar-refractivity contribution >= 4 is 34.8 Å². The van der Waals surface area contributed by atoms with Crippen molar-refractivity contribution in [1.29, 1.82) is 0 Å². The number of halogens is 2. The fourth-order valence-corrected chi connectivity index (χ4v) is 4.08. The van der Waals surface area contributed by atoms with Crippen LogP contribution < -0.4 is 5.32 Å². The zero-order valence-electron chi connectivity index (χ0n) is 13.4. The maximum atomic E-state index is 13.1. The van der Waals surface area contributed by atoms with E-state index in [1.165, 1.54) is 0 Å². The molecule has 0 bridgehead atoms. The van der Waals surface area contributed by atoms with Crippen molar-refractivity contribution < 1.29 is 4.79 Å². The number of amides is 1. The van der Waals surface area contributed by atoms with Crippen LogP contribution in [0.5, 0.6) is 0 Å². The van der Waals surface area contributed by atoms with Crippen LogP contribution in [0.4, 0.5) is 5.69 Å². The van der Waals surface area contributed by atoms with E-state index in [2.05, 4.69) is 10.2 Å². The minimum absolute atomic E-state index is 0.00846. The molecule has 1 atom stereocenters. The summed E-state index contributed by atoms with van der Waals surface area (Å²) in [4.78, 5) is 15.3. The number of carbonyl (C=O) groups excluding carboxylic acids is 1. The van der Waals surface area contributed by atoms with Crippen LogP contribution in [-0.2, 0) is 16.8 Å². The van der Waals surface area contributed by atoms with E-state index >= 15 is 0 Å². The fourth-order valence-electron chi connectivity index (χ4n) is 3.69. The molecule has 1 aliphatic heterocycles. The van der Waals surface area contributed by atoms with Crippen LogP contribution in [0.2, 0.25) is 10.0 Å². The van der Waals surface area contributed by atoms with Gasteiger partial charge in [-0.05, 0) is 49.7 Å². The Balaban J connectivity index is 1.84. The van der Waals surface area contributed by atoms with Crippen LogP contribution in [0.1, 0.15) is 24.0 Å². The molecule has 5 heteroatoms. The van der Waals surface area contributed by atoms with Crippen molar-refractivity contribution in [2.75, 3.05) is 12.4 Å². The zero-order chi connectivity index (χ0) is 16.9. The van der Waals surface area contributed by atoms with Gasteiger partial charge in [-0.1, -0.05) is 41.4 Å². The summed E-state index contributed by atoms with van der Waals surface area (Å²) in [5.41, 5.74) is 2.13. The van der Waals surface area contributed by atoms with Crippen LogP contribution in [0.3, 0.4) is 0 Å². The van der Waals surface area contributed by atoms with Gasteiger partial charge >= 0.3 is 0 Å². The molecule has 0 saturated heterocycles. The van der Waals surface area contributed by atoms with Crippen molar-refractivity contribution in [2.24, 2.45) is 0 Å². The molecule has 0 aromatic heterocycles. The second-order valence-corrected chi connectivity index (χ2v) is 7.53. The first kappa shape index (κ1) is 15.9. The second-order valence-electron chi connectivity index (χ2n) is 6.65. The molecule has 4 rings (SSSR count). The Hall–Kier alpha value is -1.55. The van der Waals surface area contributed by atoms with Gasteiger partial charge in [-0.25, -0.2) is 0 Å². The predicted molar refractivity (Wildman–Crippen MR) is 97.7 cm³/mol. The number of nitrogens with one attached hydrogen (secondary N) is 1. The van der Waals surface area contributed by atoms with Gasteiger partial charge in [0.2, 0.25) is 5.91 Å². The molecular weight excluding hydrogens is 343 g/mol. The Morgan fingerprint density at radius 2 is 1.92 bits per heavy atom. The standard InChI is InChI=1S/C19H18Cl2N2O/c1-23(15-6-7-15)19(11-12-3-2-4-13(20)9-12)16-8-5-14(21)10-17(16)22-18(19)24/h2-5,8-10,15H,6-7,11H2,1H3,(H,22,24). The molecule has 1 aliphatic carbocycles. The minimum Gasteiger partial charge on any atom is -0.324 e. The summed E-state index contributed by atoms with van der Waals surface area (Å²) in [5.74, 6) is 0.00846. The zero-order valence-corrected chi connectivity index (χ0v) is 14.9. The second kappa shape index (κ2) is 5.76. The maximum absolute atomic E-state index is 13.1. The largest absolute Gasteiger partial charge is 0.324 e. The van der Waals surface area contributed by atoms with Gasteiger partial charge in [0.15, 0.2) is 0 Å². The Labute approximate surface area is 151 Å². The van der Waals surface area contributed by atoms with E-state index in [4.69, 9.17) is 23.2 Å². The number of carbonyl (C=O) groups is 1. The molecule has 0 radical (unpaired) electrons. The van der Waals surface area contributed by atoms with Gasteiger partial charge in [0, 0.05) is 33.8 Å². The van der Waals surface area contributed by atoms with Gasteiger partial charge in [0.1, 0.15) is 5.54 Å². The molecule has 0 spiro atoms. The number of anilines is 1. The molecule has 2 aliphatic rings. The molecule has 1 saturated carbocycles. The van der Waals surface area contributed by atoms with Gasteiger partial charge < -0.3 is 5.32 Å².